The number of carbonyl (C=O) groups is 1. The van der Waals surface area contributed by atoms with Gasteiger partial charge in [0.2, 0.25) is 0 Å². The van der Waals surface area contributed by atoms with Crippen molar-refractivity contribution in [1.29, 1.82) is 0 Å². The second kappa shape index (κ2) is 5.23. The number of benzene rings is 1. The zero-order valence-electron chi connectivity index (χ0n) is 10.3. The first-order valence-corrected chi connectivity index (χ1v) is 5.83. The summed E-state index contributed by atoms with van der Waals surface area (Å²) in [5.41, 5.74) is -0.381. The van der Waals surface area contributed by atoms with Gasteiger partial charge < -0.3 is 15.2 Å². The highest BCUT2D eigenvalue weighted by molar-refractivity contribution is 6.01. The van der Waals surface area contributed by atoms with E-state index < -0.39 is 16.9 Å². The number of amides is 1. The topological polar surface area (TPSA) is 102 Å². The molecule has 0 saturated heterocycles. The van der Waals surface area contributed by atoms with Crippen molar-refractivity contribution >= 4 is 11.6 Å². The molecule has 102 valence electrons. The van der Waals surface area contributed by atoms with Crippen molar-refractivity contribution in [3.05, 3.63) is 33.9 Å². The Morgan fingerprint density at radius 2 is 2.21 bits per heavy atom. The summed E-state index contributed by atoms with van der Waals surface area (Å²) in [5.74, 6) is -0.396. The summed E-state index contributed by atoms with van der Waals surface area (Å²) >= 11 is 0. The van der Waals surface area contributed by atoms with E-state index in [4.69, 9.17) is 9.84 Å². The minimum atomic E-state index is -0.618. The average Bonchev–Trinajstić information content (AvgIpc) is 2.35. The van der Waals surface area contributed by atoms with Crippen LogP contribution in [0.15, 0.2) is 18.2 Å². The van der Waals surface area contributed by atoms with E-state index in [1.807, 2.05) is 0 Å². The lowest BCUT2D eigenvalue weighted by atomic mass is 9.89. The van der Waals surface area contributed by atoms with Crippen LogP contribution < -0.4 is 10.1 Å². The molecule has 1 aliphatic carbocycles. The molecule has 0 heterocycles. The zero-order valence-corrected chi connectivity index (χ0v) is 10.3. The van der Waals surface area contributed by atoms with Gasteiger partial charge in [-0.25, -0.2) is 0 Å². The van der Waals surface area contributed by atoms with Gasteiger partial charge in [-0.15, -0.1) is 0 Å². The third kappa shape index (κ3) is 2.65. The molecule has 7 heteroatoms. The Morgan fingerprint density at radius 3 is 2.74 bits per heavy atom. The van der Waals surface area contributed by atoms with E-state index in [2.05, 4.69) is 5.32 Å². The van der Waals surface area contributed by atoms with Crippen LogP contribution in [0.25, 0.3) is 0 Å². The van der Waals surface area contributed by atoms with E-state index in [0.29, 0.717) is 12.8 Å². The molecule has 0 aromatic heterocycles. The predicted molar refractivity (Wildman–Crippen MR) is 66.1 cm³/mol. The Kier molecular flexibility index (Phi) is 3.66. The molecule has 0 bridgehead atoms. The lowest BCUT2D eigenvalue weighted by molar-refractivity contribution is -0.385. The van der Waals surface area contributed by atoms with Crippen molar-refractivity contribution in [3.8, 4) is 5.75 Å². The van der Waals surface area contributed by atoms with Gasteiger partial charge in [-0.1, -0.05) is 6.07 Å². The number of carbonyl (C=O) groups excluding carboxylic acids is 1. The molecule has 2 N–H and O–H groups in total. The molecule has 0 radical (unpaired) electrons. The van der Waals surface area contributed by atoms with Gasteiger partial charge >= 0.3 is 0 Å². The summed E-state index contributed by atoms with van der Waals surface area (Å²) in [7, 11) is 1.35. The van der Waals surface area contributed by atoms with E-state index >= 15 is 0 Å². The molecular formula is C12H14N2O5. The molecule has 1 saturated carbocycles. The highest BCUT2D eigenvalue weighted by atomic mass is 16.6. The number of nitrogens with zero attached hydrogens (tertiary/aromatic N) is 1. The highest BCUT2D eigenvalue weighted by Crippen LogP contribution is 2.29. The summed E-state index contributed by atoms with van der Waals surface area (Å²) in [6, 6.07) is 4.07. The van der Waals surface area contributed by atoms with Crippen molar-refractivity contribution < 1.29 is 19.6 Å². The molecule has 7 nitrogen and oxygen atoms in total. The molecule has 19 heavy (non-hydrogen) atoms. The number of nitro benzene ring substituents is 1. The number of ether oxygens (including phenoxy) is 1. The van der Waals surface area contributed by atoms with Gasteiger partial charge in [-0.05, 0) is 18.9 Å². The quantitative estimate of drug-likeness (QED) is 0.621. The molecule has 1 aromatic carbocycles. The van der Waals surface area contributed by atoms with Crippen molar-refractivity contribution in [1.82, 2.24) is 5.32 Å². The van der Waals surface area contributed by atoms with E-state index in [9.17, 15) is 14.9 Å². The Labute approximate surface area is 109 Å². The van der Waals surface area contributed by atoms with Crippen LogP contribution in [0.5, 0.6) is 5.75 Å². The van der Waals surface area contributed by atoms with Crippen LogP contribution in [0.2, 0.25) is 0 Å². The molecule has 0 spiro atoms. The lowest BCUT2D eigenvalue weighted by Crippen LogP contribution is -2.46. The fourth-order valence-electron chi connectivity index (χ4n) is 2.03. The van der Waals surface area contributed by atoms with Crippen LogP contribution in [0, 0.1) is 10.1 Å². The summed E-state index contributed by atoms with van der Waals surface area (Å²) < 4.78 is 5.00. The molecule has 1 amide bonds. The van der Waals surface area contributed by atoms with Crippen LogP contribution in [0.3, 0.4) is 0 Å². The third-order valence-corrected chi connectivity index (χ3v) is 3.10. The van der Waals surface area contributed by atoms with Gasteiger partial charge in [-0.3, -0.25) is 14.9 Å². The minimum absolute atomic E-state index is 0.0867. The van der Waals surface area contributed by atoms with Crippen molar-refractivity contribution in [2.45, 2.75) is 25.0 Å². The highest BCUT2D eigenvalue weighted by Gasteiger charge is 2.32. The molecular weight excluding hydrogens is 252 g/mol. The number of nitro groups is 1. The second-order valence-corrected chi connectivity index (χ2v) is 4.41. The predicted octanol–water partition coefficient (Wildman–Crippen LogP) is 0.856. The van der Waals surface area contributed by atoms with Crippen molar-refractivity contribution in [3.63, 3.8) is 0 Å². The number of hydrogen-bond acceptors (Lipinski definition) is 5. The molecule has 1 aromatic rings. The number of nitrogens with one attached hydrogen (secondary N) is 1. The third-order valence-electron chi connectivity index (χ3n) is 3.10. The number of rotatable bonds is 4. The maximum atomic E-state index is 12.1. The number of aliphatic hydroxyl groups excluding tert-OH is 1. The van der Waals surface area contributed by atoms with Gasteiger partial charge in [0, 0.05) is 12.1 Å². The van der Waals surface area contributed by atoms with Gasteiger partial charge in [0.25, 0.3) is 11.6 Å². The van der Waals surface area contributed by atoms with Crippen LogP contribution in [-0.4, -0.2) is 35.2 Å². The Morgan fingerprint density at radius 1 is 1.53 bits per heavy atom. The average molecular weight is 266 g/mol. The van der Waals surface area contributed by atoms with Crippen LogP contribution in [-0.2, 0) is 0 Å². The van der Waals surface area contributed by atoms with Crippen LogP contribution >= 0.6 is 0 Å². The van der Waals surface area contributed by atoms with Gasteiger partial charge in [0.15, 0.2) is 5.56 Å². The minimum Gasteiger partial charge on any atom is -0.496 e. The monoisotopic (exact) mass is 266 g/mol. The Hall–Kier alpha value is -2.15. The van der Waals surface area contributed by atoms with Gasteiger partial charge in [-0.2, -0.15) is 0 Å². The first kappa shape index (κ1) is 13.3. The Balaban J connectivity index is 2.26. The molecule has 0 atom stereocenters. The smallest absolute Gasteiger partial charge is 0.285 e. The molecule has 1 aliphatic rings. The summed E-state index contributed by atoms with van der Waals surface area (Å²) in [4.78, 5) is 22.4. The zero-order chi connectivity index (χ0) is 14.0. The number of methoxy groups -OCH3 is 1. The maximum Gasteiger partial charge on any atom is 0.285 e. The first-order chi connectivity index (χ1) is 9.02. The van der Waals surface area contributed by atoms with Crippen molar-refractivity contribution in [2.24, 2.45) is 0 Å². The largest absolute Gasteiger partial charge is 0.496 e. The second-order valence-electron chi connectivity index (χ2n) is 4.41. The Bertz CT molecular complexity index is 511. The van der Waals surface area contributed by atoms with E-state index in [1.54, 1.807) is 0 Å². The number of hydrogen-bond donors (Lipinski definition) is 2. The molecule has 0 aliphatic heterocycles. The van der Waals surface area contributed by atoms with Gasteiger partial charge in [0.1, 0.15) is 5.75 Å². The van der Waals surface area contributed by atoms with Crippen LogP contribution in [0.1, 0.15) is 23.2 Å². The SMILES string of the molecule is COc1cccc([N+](=O)[O-])c1C(=O)NC1CC(O)C1. The first-order valence-electron chi connectivity index (χ1n) is 5.83. The standard InChI is InChI=1S/C12H14N2O5/c1-19-10-4-2-3-9(14(17)18)11(10)12(16)13-7-5-8(15)6-7/h2-4,7-8,15H,5-6H2,1H3,(H,13,16). The number of aliphatic hydroxyl groups is 1. The normalized spacial score (nSPS) is 21.4. The van der Waals surface area contributed by atoms with E-state index in [0.717, 1.165) is 0 Å². The summed E-state index contributed by atoms with van der Waals surface area (Å²) in [6.45, 7) is 0. The van der Waals surface area contributed by atoms with E-state index in [-0.39, 0.29) is 23.0 Å². The lowest BCUT2D eigenvalue weighted by Gasteiger charge is -2.31. The van der Waals surface area contributed by atoms with Crippen LogP contribution in [0.4, 0.5) is 5.69 Å². The molecule has 2 rings (SSSR count). The maximum absolute atomic E-state index is 12.1. The van der Waals surface area contributed by atoms with Gasteiger partial charge in [0.05, 0.1) is 18.1 Å². The summed E-state index contributed by atoms with van der Waals surface area (Å²) in [5, 5.41) is 22.8. The molecule has 1 fully saturated rings. The fourth-order valence-corrected chi connectivity index (χ4v) is 2.03. The molecule has 0 unspecified atom stereocenters. The van der Waals surface area contributed by atoms with E-state index in [1.165, 1.54) is 25.3 Å². The fraction of sp³-hybridized carbons (Fsp3) is 0.417. The van der Waals surface area contributed by atoms with Crippen molar-refractivity contribution in [2.75, 3.05) is 7.11 Å². The summed E-state index contributed by atoms with van der Waals surface area (Å²) in [6.07, 6.45) is 0.529.